The van der Waals surface area contributed by atoms with E-state index in [1.807, 2.05) is 38.1 Å². The Morgan fingerprint density at radius 1 is 1.13 bits per heavy atom. The van der Waals surface area contributed by atoms with Crippen molar-refractivity contribution in [1.82, 2.24) is 0 Å². The van der Waals surface area contributed by atoms with Crippen LogP contribution in [0.25, 0.3) is 12.2 Å². The van der Waals surface area contributed by atoms with Crippen molar-refractivity contribution in [3.8, 4) is 0 Å². The molecule has 0 heterocycles. The zero-order valence-electron chi connectivity index (χ0n) is 9.75. The molecule has 0 aliphatic heterocycles. The van der Waals surface area contributed by atoms with Gasteiger partial charge in [0.25, 0.3) is 0 Å². The third kappa shape index (κ3) is 2.72. The molecule has 0 unspecified atom stereocenters. The predicted molar refractivity (Wildman–Crippen MR) is 71.8 cm³/mol. The Morgan fingerprint density at radius 2 is 1.73 bits per heavy atom. The maximum atomic E-state index is 5.98. The lowest BCUT2D eigenvalue weighted by molar-refractivity contribution is 1.13. The van der Waals surface area contributed by atoms with Crippen LogP contribution in [0.2, 0.25) is 0 Å². The van der Waals surface area contributed by atoms with E-state index in [2.05, 4.69) is 19.1 Å². The minimum atomic E-state index is 0. The summed E-state index contributed by atoms with van der Waals surface area (Å²) in [4.78, 5) is 0. The van der Waals surface area contributed by atoms with Crippen LogP contribution in [0.1, 0.15) is 38.9 Å². The lowest BCUT2D eigenvalue weighted by Crippen LogP contribution is -1.95. The van der Waals surface area contributed by atoms with Gasteiger partial charge in [0.15, 0.2) is 0 Å². The van der Waals surface area contributed by atoms with Crippen molar-refractivity contribution in [2.45, 2.75) is 27.2 Å². The number of benzene rings is 1. The van der Waals surface area contributed by atoms with Crippen LogP contribution >= 0.6 is 0 Å². The van der Waals surface area contributed by atoms with Crippen LogP contribution in [0.3, 0.4) is 0 Å². The van der Waals surface area contributed by atoms with Crippen LogP contribution in [-0.2, 0) is 6.42 Å². The molecule has 0 aromatic heterocycles. The third-order valence-corrected chi connectivity index (χ3v) is 2.42. The fourth-order valence-corrected chi connectivity index (χ4v) is 1.66. The molecule has 0 aliphatic rings. The maximum Gasteiger partial charge on any atom is 0.0393 e. The molecule has 82 valence electrons. The minimum Gasteiger partial charge on any atom is -0.398 e. The number of rotatable bonds is 3. The molecule has 1 rings (SSSR count). The van der Waals surface area contributed by atoms with E-state index in [0.717, 1.165) is 17.7 Å². The maximum absolute atomic E-state index is 5.98. The Hall–Kier alpha value is -1.50. The van der Waals surface area contributed by atoms with E-state index in [9.17, 15) is 0 Å². The molecule has 0 bridgehead atoms. The average Bonchev–Trinajstić information content (AvgIpc) is 2.22. The number of allylic oxidation sites excluding steroid dienone is 2. The van der Waals surface area contributed by atoms with E-state index in [1.165, 1.54) is 11.1 Å². The number of hydrogen-bond acceptors (Lipinski definition) is 1. The van der Waals surface area contributed by atoms with E-state index >= 15 is 0 Å². The zero-order valence-corrected chi connectivity index (χ0v) is 9.75. The molecule has 0 spiro atoms. The van der Waals surface area contributed by atoms with Crippen molar-refractivity contribution in [2.75, 3.05) is 5.73 Å². The molecule has 0 fully saturated rings. The van der Waals surface area contributed by atoms with Gasteiger partial charge in [-0.1, -0.05) is 31.2 Å². The number of nitrogens with two attached hydrogens (primary N) is 1. The summed E-state index contributed by atoms with van der Waals surface area (Å²) in [6, 6.07) is 4.22. The second kappa shape index (κ2) is 5.40. The van der Waals surface area contributed by atoms with Crippen LogP contribution in [0, 0.1) is 0 Å². The monoisotopic (exact) mass is 203 g/mol. The first-order chi connectivity index (χ1) is 7.22. The van der Waals surface area contributed by atoms with Crippen molar-refractivity contribution in [3.63, 3.8) is 0 Å². The largest absolute Gasteiger partial charge is 0.398 e. The SMILES string of the molecule is C/C=C/c1cc(CC)c(/C=C/C)cc1N.[HH]. The third-order valence-electron chi connectivity index (χ3n) is 2.42. The van der Waals surface area contributed by atoms with Crippen molar-refractivity contribution < 1.29 is 1.43 Å². The average molecular weight is 203 g/mol. The first kappa shape index (κ1) is 11.6. The molecule has 0 atom stereocenters. The fourth-order valence-electron chi connectivity index (χ4n) is 1.66. The highest BCUT2D eigenvalue weighted by Gasteiger charge is 2.02. The molecule has 0 amide bonds. The lowest BCUT2D eigenvalue weighted by Gasteiger charge is -2.08. The minimum absolute atomic E-state index is 0. The molecule has 0 saturated heterocycles. The van der Waals surface area contributed by atoms with Crippen molar-refractivity contribution in [2.24, 2.45) is 0 Å². The Labute approximate surface area is 93.8 Å². The fraction of sp³-hybridized carbons (Fsp3) is 0.286. The molecule has 1 heteroatoms. The Balaban J connectivity index is 0.00000225. The number of hydrogen-bond donors (Lipinski definition) is 1. The molecule has 1 aromatic rings. The Bertz CT molecular complexity index is 392. The topological polar surface area (TPSA) is 26.0 Å². The summed E-state index contributed by atoms with van der Waals surface area (Å²) in [5.41, 5.74) is 10.5. The summed E-state index contributed by atoms with van der Waals surface area (Å²) in [6.07, 6.45) is 9.25. The second-order valence-electron chi connectivity index (χ2n) is 3.53. The van der Waals surface area contributed by atoms with Crippen molar-refractivity contribution >= 4 is 17.8 Å². The molecule has 1 aromatic carbocycles. The molecule has 15 heavy (non-hydrogen) atoms. The summed E-state index contributed by atoms with van der Waals surface area (Å²) < 4.78 is 0. The standard InChI is InChI=1S/C14H19N.H2/c1-4-7-12-10-14(15)13(8-5-2)9-11(12)6-3;/h4-5,7-10H,6,15H2,1-3H3;1H/b7-4+,8-5+;. The molecule has 0 aliphatic carbocycles. The summed E-state index contributed by atoms with van der Waals surface area (Å²) in [5.74, 6) is 0. The second-order valence-corrected chi connectivity index (χ2v) is 3.53. The van der Waals surface area contributed by atoms with Gasteiger partial charge < -0.3 is 5.73 Å². The van der Waals surface area contributed by atoms with Crippen LogP contribution in [-0.4, -0.2) is 0 Å². The first-order valence-electron chi connectivity index (χ1n) is 5.40. The van der Waals surface area contributed by atoms with Gasteiger partial charge in [-0.15, -0.1) is 0 Å². The highest BCUT2D eigenvalue weighted by atomic mass is 14.6. The van der Waals surface area contributed by atoms with Crippen LogP contribution in [0.15, 0.2) is 24.3 Å². The molecule has 1 nitrogen and oxygen atoms in total. The quantitative estimate of drug-likeness (QED) is 0.734. The van der Waals surface area contributed by atoms with Gasteiger partial charge in [0, 0.05) is 7.11 Å². The summed E-state index contributed by atoms with van der Waals surface area (Å²) in [7, 11) is 0. The van der Waals surface area contributed by atoms with Gasteiger partial charge in [-0.05, 0) is 49.1 Å². The highest BCUT2D eigenvalue weighted by Crippen LogP contribution is 2.22. The molecular weight excluding hydrogens is 182 g/mol. The van der Waals surface area contributed by atoms with E-state index in [-0.39, 0.29) is 1.43 Å². The van der Waals surface area contributed by atoms with Gasteiger partial charge in [-0.2, -0.15) is 0 Å². The lowest BCUT2D eigenvalue weighted by atomic mass is 9.99. The van der Waals surface area contributed by atoms with E-state index in [1.54, 1.807) is 0 Å². The normalized spacial score (nSPS) is 11.7. The van der Waals surface area contributed by atoms with Crippen LogP contribution in [0.4, 0.5) is 5.69 Å². The number of aryl methyl sites for hydroxylation is 1. The summed E-state index contributed by atoms with van der Waals surface area (Å²) in [5, 5.41) is 0. The first-order valence-corrected chi connectivity index (χ1v) is 5.40. The van der Waals surface area contributed by atoms with Gasteiger partial charge in [0.2, 0.25) is 0 Å². The number of nitrogen functional groups attached to an aromatic ring is 1. The van der Waals surface area contributed by atoms with E-state index in [4.69, 9.17) is 5.73 Å². The van der Waals surface area contributed by atoms with Crippen molar-refractivity contribution in [3.05, 3.63) is 41.0 Å². The zero-order chi connectivity index (χ0) is 11.3. The Kier molecular flexibility index (Phi) is 4.17. The predicted octanol–water partition coefficient (Wildman–Crippen LogP) is 4.14. The summed E-state index contributed by atoms with van der Waals surface area (Å²) in [6.45, 7) is 6.19. The van der Waals surface area contributed by atoms with Gasteiger partial charge in [0.05, 0.1) is 0 Å². The van der Waals surface area contributed by atoms with Gasteiger partial charge in [0.1, 0.15) is 0 Å². The highest BCUT2D eigenvalue weighted by molar-refractivity contribution is 5.70. The van der Waals surface area contributed by atoms with E-state index < -0.39 is 0 Å². The Morgan fingerprint density at radius 3 is 2.27 bits per heavy atom. The van der Waals surface area contributed by atoms with Crippen molar-refractivity contribution in [1.29, 1.82) is 0 Å². The summed E-state index contributed by atoms with van der Waals surface area (Å²) >= 11 is 0. The van der Waals surface area contributed by atoms with E-state index in [0.29, 0.717) is 0 Å². The van der Waals surface area contributed by atoms with Gasteiger partial charge in [-0.3, -0.25) is 0 Å². The van der Waals surface area contributed by atoms with Gasteiger partial charge >= 0.3 is 0 Å². The molecule has 0 saturated carbocycles. The smallest absolute Gasteiger partial charge is 0.0393 e. The molecule has 0 radical (unpaired) electrons. The van der Waals surface area contributed by atoms with Crippen LogP contribution < -0.4 is 5.73 Å². The molecular formula is C14H21N. The molecule has 2 N–H and O–H groups in total. The van der Waals surface area contributed by atoms with Gasteiger partial charge in [-0.25, -0.2) is 0 Å². The number of anilines is 1. The van der Waals surface area contributed by atoms with Crippen LogP contribution in [0.5, 0.6) is 0 Å².